The van der Waals surface area contributed by atoms with Gasteiger partial charge in [0.2, 0.25) is 0 Å². The van der Waals surface area contributed by atoms with Crippen LogP contribution < -0.4 is 0 Å². The molecule has 0 bridgehead atoms. The van der Waals surface area contributed by atoms with Crippen LogP contribution in [0, 0.1) is 25.5 Å². The van der Waals surface area contributed by atoms with Crippen molar-refractivity contribution in [2.75, 3.05) is 0 Å². The molecule has 8 rings (SSSR count). The van der Waals surface area contributed by atoms with Crippen LogP contribution in [0.15, 0.2) is 115 Å². The molecule has 8 aromatic rings. The predicted octanol–water partition coefficient (Wildman–Crippen LogP) is 9.79. The molecule has 0 saturated heterocycles. The second kappa shape index (κ2) is 14.3. The van der Waals surface area contributed by atoms with Gasteiger partial charge in [-0.05, 0) is 89.8 Å². The molecule has 9 heteroatoms. The van der Waals surface area contributed by atoms with Gasteiger partial charge in [0, 0.05) is 56.6 Å². The summed E-state index contributed by atoms with van der Waals surface area (Å²) in [5.74, 6) is -2.48. The third-order valence-corrected chi connectivity index (χ3v) is 10.1. The molecular weight excluding hydrogens is 672 g/mol. The lowest BCUT2D eigenvalue weighted by atomic mass is 9.89. The monoisotopic (exact) mass is 709 g/mol. The Balaban J connectivity index is 0.000000164. The van der Waals surface area contributed by atoms with Gasteiger partial charge in [0.25, 0.3) is 0 Å². The summed E-state index contributed by atoms with van der Waals surface area (Å²) in [6.07, 6.45) is 0.517. The first-order valence-electron chi connectivity index (χ1n) is 17.3. The van der Waals surface area contributed by atoms with Crippen LogP contribution in [0.4, 0.5) is 8.78 Å². The number of carboxylic acids is 2. The number of aromatic nitrogens is 3. The highest BCUT2D eigenvalue weighted by Gasteiger charge is 2.22. The van der Waals surface area contributed by atoms with Crippen LogP contribution in [0.5, 0.6) is 0 Å². The van der Waals surface area contributed by atoms with Gasteiger partial charge in [-0.1, -0.05) is 73.7 Å². The first kappa shape index (κ1) is 35.1. The minimum atomic E-state index is -0.926. The minimum Gasteiger partial charge on any atom is -0.480 e. The number of hydrogen-bond donors (Lipinski definition) is 2. The SMILES string of the molecule is Cc1c(C(C)c2ccc3ccccc3c2)c2cc(F)ccc2n1CC(=O)O.Cc1c(Cc2ccc3ccccc3n2)c2cc(F)ccc2n1CC(=O)O. The molecular formula is C44H37F2N3O4. The van der Waals surface area contributed by atoms with Crippen LogP contribution in [0.25, 0.3) is 43.5 Å². The number of hydrogen-bond acceptors (Lipinski definition) is 3. The summed E-state index contributed by atoms with van der Waals surface area (Å²) in [5, 5.41) is 23.4. The zero-order valence-electron chi connectivity index (χ0n) is 29.5. The van der Waals surface area contributed by atoms with Crippen molar-refractivity contribution < 1.29 is 28.6 Å². The maximum Gasteiger partial charge on any atom is 0.323 e. The van der Waals surface area contributed by atoms with Crippen molar-refractivity contribution in [3.63, 3.8) is 0 Å². The molecule has 1 unspecified atom stereocenters. The molecule has 0 fully saturated rings. The smallest absolute Gasteiger partial charge is 0.323 e. The summed E-state index contributed by atoms with van der Waals surface area (Å²) >= 11 is 0. The average Bonchev–Trinajstić information content (AvgIpc) is 3.54. The molecule has 0 saturated carbocycles. The van der Waals surface area contributed by atoms with Crippen molar-refractivity contribution in [2.24, 2.45) is 0 Å². The van der Waals surface area contributed by atoms with E-state index in [0.717, 1.165) is 71.9 Å². The third kappa shape index (κ3) is 6.98. The largest absolute Gasteiger partial charge is 0.480 e. The van der Waals surface area contributed by atoms with Crippen LogP contribution in [0.1, 0.15) is 46.6 Å². The quantitative estimate of drug-likeness (QED) is 0.164. The van der Waals surface area contributed by atoms with E-state index < -0.39 is 11.9 Å². The number of carboxylic acid groups (broad SMARTS) is 2. The molecule has 266 valence electrons. The van der Waals surface area contributed by atoms with Crippen molar-refractivity contribution in [1.29, 1.82) is 0 Å². The Labute approximate surface area is 304 Å². The van der Waals surface area contributed by atoms with Crippen LogP contribution in [-0.4, -0.2) is 36.3 Å². The highest BCUT2D eigenvalue weighted by molar-refractivity contribution is 5.89. The van der Waals surface area contributed by atoms with Gasteiger partial charge in [-0.15, -0.1) is 0 Å². The van der Waals surface area contributed by atoms with E-state index in [4.69, 9.17) is 4.98 Å². The Bertz CT molecular complexity index is 2690. The standard InChI is InChI=1S/C23H20FNO2.C21H17FN2O2/c1-14(17-8-7-16-5-3-4-6-18(16)11-17)23-15(2)25(13-22(26)27)21-10-9-19(24)12-20(21)23;1-13-17(11-16-8-6-14-4-2-3-5-19(14)23-16)18-10-15(22)7-9-20(18)24(13)12-21(25)26/h3-12,14H,13H2,1-2H3,(H,26,27);2-10H,11-12H2,1H3,(H,25,26). The average molecular weight is 710 g/mol. The van der Waals surface area contributed by atoms with Crippen molar-refractivity contribution in [1.82, 2.24) is 14.1 Å². The maximum atomic E-state index is 14.0. The zero-order valence-corrected chi connectivity index (χ0v) is 29.5. The molecule has 2 N–H and O–H groups in total. The molecule has 0 aliphatic carbocycles. The molecule has 0 spiro atoms. The molecule has 0 amide bonds. The van der Waals surface area contributed by atoms with E-state index in [1.165, 1.54) is 29.7 Å². The summed E-state index contributed by atoms with van der Waals surface area (Å²) < 4.78 is 31.3. The van der Waals surface area contributed by atoms with Crippen molar-refractivity contribution in [3.05, 3.63) is 161 Å². The Morgan fingerprint density at radius 3 is 1.91 bits per heavy atom. The number of fused-ring (bicyclic) bond motifs is 4. The van der Waals surface area contributed by atoms with Gasteiger partial charge >= 0.3 is 11.9 Å². The fourth-order valence-corrected chi connectivity index (χ4v) is 7.48. The molecule has 3 aromatic heterocycles. The second-order valence-electron chi connectivity index (χ2n) is 13.3. The molecule has 7 nitrogen and oxygen atoms in total. The number of pyridine rings is 1. The Kier molecular flexibility index (Phi) is 9.49. The van der Waals surface area contributed by atoms with Crippen LogP contribution in [0.3, 0.4) is 0 Å². The molecule has 53 heavy (non-hydrogen) atoms. The van der Waals surface area contributed by atoms with Gasteiger partial charge in [0.05, 0.1) is 5.52 Å². The van der Waals surface area contributed by atoms with Crippen LogP contribution in [0.2, 0.25) is 0 Å². The fourth-order valence-electron chi connectivity index (χ4n) is 7.48. The number of carbonyl (C=O) groups is 2. The molecule has 1 atom stereocenters. The lowest BCUT2D eigenvalue weighted by Gasteiger charge is -2.15. The molecule has 0 aliphatic rings. The van der Waals surface area contributed by atoms with Crippen LogP contribution >= 0.6 is 0 Å². The van der Waals surface area contributed by atoms with Crippen molar-refractivity contribution >= 4 is 55.4 Å². The normalized spacial score (nSPS) is 11.9. The highest BCUT2D eigenvalue weighted by Crippen LogP contribution is 2.37. The Morgan fingerprint density at radius 1 is 0.660 bits per heavy atom. The first-order chi connectivity index (χ1) is 25.5. The Morgan fingerprint density at radius 2 is 1.23 bits per heavy atom. The summed E-state index contributed by atoms with van der Waals surface area (Å²) in [5.41, 5.74) is 7.93. The van der Waals surface area contributed by atoms with E-state index in [-0.39, 0.29) is 30.6 Å². The lowest BCUT2D eigenvalue weighted by molar-refractivity contribution is -0.138. The number of aliphatic carboxylic acids is 2. The first-order valence-corrected chi connectivity index (χ1v) is 17.3. The topological polar surface area (TPSA) is 97.4 Å². The fraction of sp³-hybridized carbons (Fsp3) is 0.159. The Hall–Kier alpha value is -6.35. The predicted molar refractivity (Wildman–Crippen MR) is 205 cm³/mol. The van der Waals surface area contributed by atoms with Gasteiger partial charge in [-0.3, -0.25) is 14.6 Å². The van der Waals surface area contributed by atoms with Gasteiger partial charge in [-0.2, -0.15) is 0 Å². The van der Waals surface area contributed by atoms with E-state index in [2.05, 4.69) is 37.3 Å². The van der Waals surface area contributed by atoms with Gasteiger partial charge in [-0.25, -0.2) is 8.78 Å². The summed E-state index contributed by atoms with van der Waals surface area (Å²) in [4.78, 5) is 27.3. The van der Waals surface area contributed by atoms with E-state index in [0.29, 0.717) is 6.42 Å². The number of para-hydroxylation sites is 1. The molecule has 0 radical (unpaired) electrons. The number of nitrogens with zero attached hydrogens (tertiary/aromatic N) is 3. The molecule has 0 aliphatic heterocycles. The molecule has 3 heterocycles. The van der Waals surface area contributed by atoms with Crippen molar-refractivity contribution in [2.45, 2.75) is 46.2 Å². The number of benzene rings is 5. The summed E-state index contributed by atoms with van der Waals surface area (Å²) in [6, 6.07) is 35.4. The van der Waals surface area contributed by atoms with Gasteiger partial charge in [0.15, 0.2) is 0 Å². The third-order valence-electron chi connectivity index (χ3n) is 10.1. The maximum absolute atomic E-state index is 14.0. The summed E-state index contributed by atoms with van der Waals surface area (Å²) in [7, 11) is 0. The summed E-state index contributed by atoms with van der Waals surface area (Å²) in [6.45, 7) is 5.57. The van der Waals surface area contributed by atoms with E-state index in [1.807, 2.05) is 62.4 Å². The van der Waals surface area contributed by atoms with Crippen molar-refractivity contribution in [3.8, 4) is 0 Å². The molecule has 5 aromatic carbocycles. The second-order valence-corrected chi connectivity index (χ2v) is 13.3. The lowest BCUT2D eigenvalue weighted by Crippen LogP contribution is -2.10. The van der Waals surface area contributed by atoms with E-state index in [9.17, 15) is 28.6 Å². The van der Waals surface area contributed by atoms with E-state index >= 15 is 0 Å². The highest BCUT2D eigenvalue weighted by atomic mass is 19.1. The van der Waals surface area contributed by atoms with Gasteiger partial charge in [0.1, 0.15) is 24.7 Å². The van der Waals surface area contributed by atoms with E-state index in [1.54, 1.807) is 21.3 Å². The van der Waals surface area contributed by atoms with Gasteiger partial charge < -0.3 is 19.3 Å². The number of halogens is 2. The minimum absolute atomic E-state index is 0.00829. The number of rotatable bonds is 8. The zero-order chi connectivity index (χ0) is 37.4. The van der Waals surface area contributed by atoms with Crippen LogP contribution in [-0.2, 0) is 29.1 Å².